The second kappa shape index (κ2) is 3.97. The van der Waals surface area contributed by atoms with E-state index < -0.39 is 0 Å². The maximum atomic E-state index is 5.27. The van der Waals surface area contributed by atoms with Crippen molar-refractivity contribution in [2.75, 3.05) is 0 Å². The summed E-state index contributed by atoms with van der Waals surface area (Å²) in [6.07, 6.45) is 5.80. The molecule has 1 fully saturated rings. The lowest BCUT2D eigenvalue weighted by Gasteiger charge is -2.15. The fourth-order valence-corrected chi connectivity index (χ4v) is 2.09. The highest BCUT2D eigenvalue weighted by Gasteiger charge is 2.22. The van der Waals surface area contributed by atoms with Crippen LogP contribution in [-0.2, 0) is 6.54 Å². The molecule has 0 spiro atoms. The molecule has 2 heteroatoms. The molecule has 72 valence electrons. The Bertz CT molecular complexity index is 243. The molecule has 0 aromatic carbocycles. The van der Waals surface area contributed by atoms with E-state index in [0.29, 0.717) is 6.04 Å². The summed E-state index contributed by atoms with van der Waals surface area (Å²) >= 11 is 0. The fourth-order valence-electron chi connectivity index (χ4n) is 2.09. The normalized spacial score (nSPS) is 28.1. The predicted octanol–water partition coefficient (Wildman–Crippen LogP) is 2.56. The Balaban J connectivity index is 1.79. The van der Waals surface area contributed by atoms with Crippen molar-refractivity contribution < 1.29 is 4.42 Å². The van der Waals surface area contributed by atoms with Gasteiger partial charge in [-0.05, 0) is 30.9 Å². The molecule has 0 saturated heterocycles. The Labute approximate surface area is 79.3 Å². The molecule has 2 rings (SSSR count). The minimum Gasteiger partial charge on any atom is -0.468 e. The van der Waals surface area contributed by atoms with Crippen LogP contribution in [0.2, 0.25) is 0 Å². The van der Waals surface area contributed by atoms with Crippen LogP contribution in [0, 0.1) is 5.92 Å². The molecule has 1 saturated carbocycles. The molecular weight excluding hydrogens is 162 g/mol. The Morgan fingerprint density at radius 1 is 1.54 bits per heavy atom. The van der Waals surface area contributed by atoms with Crippen molar-refractivity contribution in [2.24, 2.45) is 5.92 Å². The molecule has 2 unspecified atom stereocenters. The molecule has 0 aliphatic heterocycles. The predicted molar refractivity (Wildman–Crippen MR) is 52.4 cm³/mol. The van der Waals surface area contributed by atoms with Crippen LogP contribution in [0.25, 0.3) is 0 Å². The molecule has 1 heterocycles. The Kier molecular flexibility index (Phi) is 2.69. The average molecular weight is 179 g/mol. The Hall–Kier alpha value is -0.760. The molecule has 0 radical (unpaired) electrons. The third-order valence-electron chi connectivity index (χ3n) is 2.98. The van der Waals surface area contributed by atoms with Gasteiger partial charge in [-0.15, -0.1) is 0 Å². The summed E-state index contributed by atoms with van der Waals surface area (Å²) in [7, 11) is 0. The van der Waals surface area contributed by atoms with Gasteiger partial charge in [0.15, 0.2) is 0 Å². The minimum absolute atomic E-state index is 0.699. The van der Waals surface area contributed by atoms with Crippen molar-refractivity contribution in [2.45, 2.75) is 38.8 Å². The summed E-state index contributed by atoms with van der Waals surface area (Å²) < 4.78 is 5.27. The van der Waals surface area contributed by atoms with Crippen LogP contribution in [0.15, 0.2) is 22.8 Å². The maximum absolute atomic E-state index is 5.27. The second-order valence-corrected chi connectivity index (χ2v) is 3.97. The highest BCUT2D eigenvalue weighted by molar-refractivity contribution is 4.98. The van der Waals surface area contributed by atoms with E-state index in [1.165, 1.54) is 19.3 Å². The van der Waals surface area contributed by atoms with Gasteiger partial charge in [0, 0.05) is 6.04 Å². The maximum Gasteiger partial charge on any atom is 0.117 e. The van der Waals surface area contributed by atoms with Crippen molar-refractivity contribution >= 4 is 0 Å². The topological polar surface area (TPSA) is 25.2 Å². The van der Waals surface area contributed by atoms with E-state index >= 15 is 0 Å². The van der Waals surface area contributed by atoms with Gasteiger partial charge in [-0.3, -0.25) is 0 Å². The molecule has 1 aromatic rings. The lowest BCUT2D eigenvalue weighted by molar-refractivity contribution is 0.396. The van der Waals surface area contributed by atoms with Gasteiger partial charge >= 0.3 is 0 Å². The number of hydrogen-bond donors (Lipinski definition) is 1. The number of hydrogen-bond acceptors (Lipinski definition) is 2. The van der Waals surface area contributed by atoms with Crippen LogP contribution in [0.4, 0.5) is 0 Å². The standard InChI is InChI=1S/C11H17NO/c1-9-4-2-6-11(9)12-8-10-5-3-7-13-10/h3,5,7,9,11-12H,2,4,6,8H2,1H3. The molecule has 1 aliphatic carbocycles. The largest absolute Gasteiger partial charge is 0.468 e. The number of rotatable bonds is 3. The van der Waals surface area contributed by atoms with E-state index in [4.69, 9.17) is 4.42 Å². The van der Waals surface area contributed by atoms with Gasteiger partial charge < -0.3 is 9.73 Å². The first-order chi connectivity index (χ1) is 6.36. The van der Waals surface area contributed by atoms with Crippen LogP contribution in [0.5, 0.6) is 0 Å². The summed E-state index contributed by atoms with van der Waals surface area (Å²) in [6.45, 7) is 3.20. The third kappa shape index (κ3) is 2.13. The van der Waals surface area contributed by atoms with Gasteiger partial charge in [0.25, 0.3) is 0 Å². The Morgan fingerprint density at radius 2 is 2.46 bits per heavy atom. The summed E-state index contributed by atoms with van der Waals surface area (Å²) in [5, 5.41) is 3.54. The molecule has 1 N–H and O–H groups in total. The number of furan rings is 1. The first kappa shape index (κ1) is 8.82. The van der Waals surface area contributed by atoms with E-state index in [-0.39, 0.29) is 0 Å². The van der Waals surface area contributed by atoms with Gasteiger partial charge in [0.1, 0.15) is 5.76 Å². The monoisotopic (exact) mass is 179 g/mol. The minimum atomic E-state index is 0.699. The first-order valence-electron chi connectivity index (χ1n) is 5.12. The third-order valence-corrected chi connectivity index (χ3v) is 2.98. The highest BCUT2D eigenvalue weighted by Crippen LogP contribution is 2.24. The molecule has 1 aliphatic rings. The summed E-state index contributed by atoms with van der Waals surface area (Å²) in [4.78, 5) is 0. The van der Waals surface area contributed by atoms with Crippen molar-refractivity contribution in [3.63, 3.8) is 0 Å². The SMILES string of the molecule is CC1CCCC1NCc1ccco1. The molecule has 1 aromatic heterocycles. The lowest BCUT2D eigenvalue weighted by Crippen LogP contribution is -2.30. The van der Waals surface area contributed by atoms with E-state index in [2.05, 4.69) is 12.2 Å². The van der Waals surface area contributed by atoms with Crippen LogP contribution in [0.3, 0.4) is 0 Å². The van der Waals surface area contributed by atoms with E-state index in [0.717, 1.165) is 18.2 Å². The molecule has 2 atom stereocenters. The van der Waals surface area contributed by atoms with Gasteiger partial charge in [-0.2, -0.15) is 0 Å². The van der Waals surface area contributed by atoms with Crippen LogP contribution >= 0.6 is 0 Å². The smallest absolute Gasteiger partial charge is 0.117 e. The molecule has 2 nitrogen and oxygen atoms in total. The zero-order valence-corrected chi connectivity index (χ0v) is 8.12. The molecule has 0 amide bonds. The van der Waals surface area contributed by atoms with Crippen molar-refractivity contribution in [3.05, 3.63) is 24.2 Å². The van der Waals surface area contributed by atoms with Crippen LogP contribution in [0.1, 0.15) is 31.9 Å². The van der Waals surface area contributed by atoms with Gasteiger partial charge in [0.05, 0.1) is 12.8 Å². The van der Waals surface area contributed by atoms with Crippen LogP contribution < -0.4 is 5.32 Å². The van der Waals surface area contributed by atoms with Gasteiger partial charge in [-0.25, -0.2) is 0 Å². The van der Waals surface area contributed by atoms with E-state index in [1.807, 2.05) is 12.1 Å². The first-order valence-corrected chi connectivity index (χ1v) is 5.12. The Morgan fingerprint density at radius 3 is 3.08 bits per heavy atom. The van der Waals surface area contributed by atoms with Crippen LogP contribution in [-0.4, -0.2) is 6.04 Å². The van der Waals surface area contributed by atoms with Gasteiger partial charge in [0.2, 0.25) is 0 Å². The molecule has 0 bridgehead atoms. The number of nitrogens with one attached hydrogen (secondary N) is 1. The lowest BCUT2D eigenvalue weighted by atomic mass is 10.1. The van der Waals surface area contributed by atoms with Crippen molar-refractivity contribution in [3.8, 4) is 0 Å². The quantitative estimate of drug-likeness (QED) is 0.771. The fraction of sp³-hybridized carbons (Fsp3) is 0.636. The summed E-state index contributed by atoms with van der Waals surface area (Å²) in [5.41, 5.74) is 0. The summed E-state index contributed by atoms with van der Waals surface area (Å²) in [5.74, 6) is 1.87. The average Bonchev–Trinajstić information content (AvgIpc) is 2.72. The molecule has 13 heavy (non-hydrogen) atoms. The van der Waals surface area contributed by atoms with E-state index in [9.17, 15) is 0 Å². The van der Waals surface area contributed by atoms with E-state index in [1.54, 1.807) is 6.26 Å². The molecular formula is C11H17NO. The zero-order valence-electron chi connectivity index (χ0n) is 8.12. The van der Waals surface area contributed by atoms with Crippen molar-refractivity contribution in [1.82, 2.24) is 5.32 Å². The summed E-state index contributed by atoms with van der Waals surface area (Å²) in [6, 6.07) is 4.66. The van der Waals surface area contributed by atoms with Gasteiger partial charge in [-0.1, -0.05) is 13.3 Å². The van der Waals surface area contributed by atoms with Crippen molar-refractivity contribution in [1.29, 1.82) is 0 Å². The highest BCUT2D eigenvalue weighted by atomic mass is 16.3. The zero-order chi connectivity index (χ0) is 9.10. The second-order valence-electron chi connectivity index (χ2n) is 3.97.